The van der Waals surface area contributed by atoms with Gasteiger partial charge in [-0.25, -0.2) is 14.3 Å². The third kappa shape index (κ3) is 4.20. The summed E-state index contributed by atoms with van der Waals surface area (Å²) in [5, 5.41) is 11.2. The molecule has 0 aliphatic rings. The number of nitrogens with zero attached hydrogens (tertiary/aromatic N) is 5. The fraction of sp³-hybridized carbons (Fsp3) is 0.0833. The first kappa shape index (κ1) is 22.2. The zero-order valence-electron chi connectivity index (χ0n) is 18.5. The summed E-state index contributed by atoms with van der Waals surface area (Å²) in [6, 6.07) is 19.8. The Balaban J connectivity index is 1.42. The summed E-state index contributed by atoms with van der Waals surface area (Å²) in [5.74, 6) is -0.976. The number of carbonyl (C=O) groups excluding carboxylic acids is 2. The number of hydrogen-bond acceptors (Lipinski definition) is 7. The smallest absolute Gasteiger partial charge is 0.267 e. The van der Waals surface area contributed by atoms with Crippen molar-refractivity contribution in [1.29, 1.82) is 0 Å². The molecule has 3 heterocycles. The van der Waals surface area contributed by atoms with Crippen molar-refractivity contribution < 1.29 is 9.59 Å². The second kappa shape index (κ2) is 9.31. The minimum absolute atomic E-state index is 0.0180. The Kier molecular flexibility index (Phi) is 5.90. The molecule has 0 fully saturated rings. The second-order valence-electron chi connectivity index (χ2n) is 7.41. The number of rotatable bonds is 5. The number of benzene rings is 2. The zero-order chi connectivity index (χ0) is 24.4. The summed E-state index contributed by atoms with van der Waals surface area (Å²) in [5.41, 5.74) is 5.18. The number of amides is 2. The van der Waals surface area contributed by atoms with Crippen LogP contribution in [0.25, 0.3) is 27.2 Å². The van der Waals surface area contributed by atoms with Gasteiger partial charge in [-0.15, -0.1) is 16.4 Å². The highest BCUT2D eigenvalue weighted by Crippen LogP contribution is 2.25. The fourth-order valence-corrected chi connectivity index (χ4v) is 4.27. The van der Waals surface area contributed by atoms with Crippen molar-refractivity contribution >= 4 is 33.9 Å². The van der Waals surface area contributed by atoms with E-state index in [2.05, 4.69) is 26.0 Å². The Morgan fingerprint density at radius 3 is 2.31 bits per heavy atom. The predicted octanol–water partition coefficient (Wildman–Crippen LogP) is 2.80. The van der Waals surface area contributed by atoms with Gasteiger partial charge in [0.05, 0.1) is 16.0 Å². The highest BCUT2D eigenvalue weighted by molar-refractivity contribution is 7.13. The molecule has 3 aromatic heterocycles. The van der Waals surface area contributed by atoms with Gasteiger partial charge in [0, 0.05) is 11.9 Å². The molecular weight excluding hydrogens is 466 g/mol. The van der Waals surface area contributed by atoms with Gasteiger partial charge in [0.2, 0.25) is 5.82 Å². The maximum absolute atomic E-state index is 12.9. The molecule has 11 heteroatoms. The first-order chi connectivity index (χ1) is 17.1. The third-order valence-corrected chi connectivity index (χ3v) is 6.09. The highest BCUT2D eigenvalue weighted by Gasteiger charge is 2.21. The third-order valence-electron chi connectivity index (χ3n) is 5.22. The molecule has 35 heavy (non-hydrogen) atoms. The number of aryl methyl sites for hydroxylation is 1. The Hall–Kier alpha value is -4.64. The molecule has 5 rings (SSSR count). The maximum Gasteiger partial charge on any atom is 0.309 e. The van der Waals surface area contributed by atoms with E-state index in [1.165, 1.54) is 16.0 Å². The van der Waals surface area contributed by atoms with E-state index >= 15 is 0 Å². The van der Waals surface area contributed by atoms with Crippen molar-refractivity contribution in [2.75, 3.05) is 0 Å². The molecule has 0 bridgehead atoms. The monoisotopic (exact) mass is 485 g/mol. The molecule has 2 aromatic carbocycles. The van der Waals surface area contributed by atoms with E-state index in [0.29, 0.717) is 23.1 Å². The number of aromatic nitrogens is 5. The number of carbonyl (C=O) groups is 2. The largest absolute Gasteiger partial charge is 0.309 e. The number of hydrogen-bond donors (Lipinski definition) is 2. The van der Waals surface area contributed by atoms with E-state index in [9.17, 15) is 14.4 Å². The van der Waals surface area contributed by atoms with Gasteiger partial charge in [-0.1, -0.05) is 42.5 Å². The molecule has 0 radical (unpaired) electrons. The Morgan fingerprint density at radius 2 is 1.60 bits per heavy atom. The van der Waals surface area contributed by atoms with Gasteiger partial charge in [0.15, 0.2) is 11.5 Å². The van der Waals surface area contributed by atoms with E-state index in [0.717, 1.165) is 10.6 Å². The lowest BCUT2D eigenvalue weighted by molar-refractivity contribution is 0.0838. The van der Waals surface area contributed by atoms with Crippen molar-refractivity contribution in [3.8, 4) is 16.4 Å². The van der Waals surface area contributed by atoms with E-state index in [4.69, 9.17) is 0 Å². The molecule has 10 nitrogen and oxygen atoms in total. The lowest BCUT2D eigenvalue weighted by Gasteiger charge is -2.10. The topological polar surface area (TPSA) is 124 Å². The summed E-state index contributed by atoms with van der Waals surface area (Å²) in [6.07, 6.45) is 0. The first-order valence-corrected chi connectivity index (χ1v) is 11.6. The standard InChI is InChI=1S/C24H19N7O3S/c1-2-30-24(34)17-12-7-6-11-16(17)19(28-30)22(32)26-27-23(33)20-25-21(18-13-8-14-35-18)31(29-20)15-9-4-3-5-10-15/h3-14H,2H2,1H3,(H,26,32)(H,27,33). The van der Waals surface area contributed by atoms with Crippen molar-refractivity contribution in [3.05, 3.63) is 94.0 Å². The van der Waals surface area contributed by atoms with Crippen LogP contribution in [0.5, 0.6) is 0 Å². The molecule has 174 valence electrons. The number of fused-ring (bicyclic) bond motifs is 1. The SMILES string of the molecule is CCn1nc(C(=O)NNC(=O)c2nc(-c3cccs3)n(-c3ccccc3)n2)c2ccccc2c1=O. The molecule has 0 aliphatic carbocycles. The molecule has 0 saturated heterocycles. The van der Waals surface area contributed by atoms with Crippen molar-refractivity contribution in [2.24, 2.45) is 0 Å². The van der Waals surface area contributed by atoms with Crippen LogP contribution in [0.3, 0.4) is 0 Å². The number of nitrogens with one attached hydrogen (secondary N) is 2. The first-order valence-electron chi connectivity index (χ1n) is 10.7. The van der Waals surface area contributed by atoms with E-state index in [1.54, 1.807) is 35.9 Å². The van der Waals surface area contributed by atoms with Crippen LogP contribution in [0.15, 0.2) is 76.9 Å². The van der Waals surface area contributed by atoms with Crippen molar-refractivity contribution in [1.82, 2.24) is 35.4 Å². The fourth-order valence-electron chi connectivity index (χ4n) is 3.57. The van der Waals surface area contributed by atoms with Gasteiger partial charge in [-0.05, 0) is 36.6 Å². The summed E-state index contributed by atoms with van der Waals surface area (Å²) < 4.78 is 2.78. The lowest BCUT2D eigenvalue weighted by atomic mass is 10.1. The Morgan fingerprint density at radius 1 is 0.886 bits per heavy atom. The summed E-state index contributed by atoms with van der Waals surface area (Å²) in [6.45, 7) is 2.05. The average Bonchev–Trinajstić information content (AvgIpc) is 3.58. The van der Waals surface area contributed by atoms with Gasteiger partial charge >= 0.3 is 5.91 Å². The summed E-state index contributed by atoms with van der Waals surface area (Å²) in [7, 11) is 0. The van der Waals surface area contributed by atoms with Crippen LogP contribution in [-0.2, 0) is 6.54 Å². The molecule has 0 unspecified atom stereocenters. The molecular formula is C24H19N7O3S. The van der Waals surface area contributed by atoms with Crippen LogP contribution in [0.1, 0.15) is 28.0 Å². The molecule has 2 N–H and O–H groups in total. The quantitative estimate of drug-likeness (QED) is 0.369. The van der Waals surface area contributed by atoms with Crippen molar-refractivity contribution in [3.63, 3.8) is 0 Å². The van der Waals surface area contributed by atoms with E-state index in [-0.39, 0.29) is 17.1 Å². The van der Waals surface area contributed by atoms with Crippen LogP contribution in [0.4, 0.5) is 0 Å². The van der Waals surface area contributed by atoms with E-state index in [1.807, 2.05) is 47.8 Å². The van der Waals surface area contributed by atoms with Crippen LogP contribution < -0.4 is 16.4 Å². The summed E-state index contributed by atoms with van der Waals surface area (Å²) >= 11 is 1.47. The van der Waals surface area contributed by atoms with Crippen LogP contribution in [-0.4, -0.2) is 36.4 Å². The second-order valence-corrected chi connectivity index (χ2v) is 8.35. The molecule has 0 spiro atoms. The maximum atomic E-state index is 12.9. The normalized spacial score (nSPS) is 10.9. The van der Waals surface area contributed by atoms with Gasteiger partial charge in [0.1, 0.15) is 0 Å². The molecule has 0 aliphatic heterocycles. The molecule has 0 saturated carbocycles. The molecule has 2 amide bonds. The number of hydrazine groups is 1. The summed E-state index contributed by atoms with van der Waals surface area (Å²) in [4.78, 5) is 43.5. The Labute approximate surface area is 202 Å². The lowest BCUT2D eigenvalue weighted by Crippen LogP contribution is -2.43. The highest BCUT2D eigenvalue weighted by atomic mass is 32.1. The minimum atomic E-state index is -0.695. The molecule has 5 aromatic rings. The van der Waals surface area contributed by atoms with Gasteiger partial charge in [-0.2, -0.15) is 5.10 Å². The number of para-hydroxylation sites is 1. The van der Waals surface area contributed by atoms with Gasteiger partial charge in [0.25, 0.3) is 11.5 Å². The van der Waals surface area contributed by atoms with Crippen LogP contribution in [0.2, 0.25) is 0 Å². The van der Waals surface area contributed by atoms with Crippen LogP contribution in [0, 0.1) is 0 Å². The average molecular weight is 486 g/mol. The van der Waals surface area contributed by atoms with E-state index < -0.39 is 11.8 Å². The number of thiophene rings is 1. The van der Waals surface area contributed by atoms with Crippen LogP contribution >= 0.6 is 11.3 Å². The zero-order valence-corrected chi connectivity index (χ0v) is 19.3. The molecule has 0 atom stereocenters. The Bertz CT molecular complexity index is 1590. The van der Waals surface area contributed by atoms with Gasteiger partial charge < -0.3 is 0 Å². The predicted molar refractivity (Wildman–Crippen MR) is 131 cm³/mol. The van der Waals surface area contributed by atoms with Crippen molar-refractivity contribution in [2.45, 2.75) is 13.5 Å². The van der Waals surface area contributed by atoms with Gasteiger partial charge in [-0.3, -0.25) is 25.2 Å². The minimum Gasteiger partial charge on any atom is -0.267 e.